The van der Waals surface area contributed by atoms with E-state index in [0.717, 1.165) is 0 Å². The number of likely N-dealkylation sites (tertiary alicyclic amines) is 1. The number of hydrogen-bond donors (Lipinski definition) is 0. The lowest BCUT2D eigenvalue weighted by Gasteiger charge is -2.30. The first-order chi connectivity index (χ1) is 11.0. The van der Waals surface area contributed by atoms with Gasteiger partial charge in [0.05, 0.1) is 19.2 Å². The highest BCUT2D eigenvalue weighted by Crippen LogP contribution is 2.37. The van der Waals surface area contributed by atoms with E-state index in [-0.39, 0.29) is 12.2 Å². The van der Waals surface area contributed by atoms with Gasteiger partial charge in [-0.15, -0.1) is 0 Å². The van der Waals surface area contributed by atoms with Crippen molar-refractivity contribution in [1.82, 2.24) is 4.90 Å². The normalized spacial score (nSPS) is 28.9. The van der Waals surface area contributed by atoms with Gasteiger partial charge in [0.2, 0.25) is 0 Å². The lowest BCUT2D eigenvalue weighted by molar-refractivity contribution is -0.158. The second-order valence-corrected chi connectivity index (χ2v) is 7.37. The van der Waals surface area contributed by atoms with Crippen LogP contribution in [0.3, 0.4) is 0 Å². The number of carbonyl (C=O) groups excluding carboxylic acids is 2. The van der Waals surface area contributed by atoms with Crippen LogP contribution in [0.4, 0.5) is 4.79 Å². The van der Waals surface area contributed by atoms with Crippen LogP contribution in [0.2, 0.25) is 0 Å². The molecule has 0 bridgehead atoms. The van der Waals surface area contributed by atoms with Crippen molar-refractivity contribution in [1.29, 1.82) is 0 Å². The Kier molecular flexibility index (Phi) is 5.25. The Balaban J connectivity index is 2.17. The summed E-state index contributed by atoms with van der Waals surface area (Å²) in [4.78, 5) is 25.6. The zero-order valence-corrected chi connectivity index (χ0v) is 15.2. The predicted molar refractivity (Wildman–Crippen MR) is 86.3 cm³/mol. The van der Waals surface area contributed by atoms with E-state index in [9.17, 15) is 9.59 Å². The molecule has 0 radical (unpaired) electrons. The smallest absolute Gasteiger partial charge is 0.410 e. The molecule has 7 heteroatoms. The average Bonchev–Trinajstić information content (AvgIpc) is 2.87. The van der Waals surface area contributed by atoms with Gasteiger partial charge in [0.1, 0.15) is 17.8 Å². The Morgan fingerprint density at radius 1 is 1.29 bits per heavy atom. The fraction of sp³-hybridized carbons (Fsp3) is 0.765. The summed E-state index contributed by atoms with van der Waals surface area (Å²) in [7, 11) is 0. The van der Waals surface area contributed by atoms with E-state index in [0.29, 0.717) is 13.2 Å². The molecule has 0 aromatic rings. The van der Waals surface area contributed by atoms with Crippen LogP contribution >= 0.6 is 0 Å². The third-order valence-corrected chi connectivity index (χ3v) is 3.64. The van der Waals surface area contributed by atoms with Crippen molar-refractivity contribution in [2.45, 2.75) is 71.2 Å². The van der Waals surface area contributed by atoms with Gasteiger partial charge in [-0.05, 0) is 41.5 Å². The minimum Gasteiger partial charge on any atom is -0.463 e. The van der Waals surface area contributed by atoms with E-state index < -0.39 is 29.5 Å². The molecule has 24 heavy (non-hydrogen) atoms. The Hall–Kier alpha value is -1.60. The number of amides is 1. The number of nitrogens with zero attached hydrogens (tertiary/aromatic N) is 1. The molecule has 0 spiro atoms. The second kappa shape index (κ2) is 6.72. The molecular formula is C17H27NO6. The number of rotatable bonds is 3. The first-order valence-corrected chi connectivity index (χ1v) is 8.22. The van der Waals surface area contributed by atoms with Crippen LogP contribution in [-0.2, 0) is 23.7 Å². The Labute approximate surface area is 142 Å². The summed E-state index contributed by atoms with van der Waals surface area (Å²) < 4.78 is 22.1. The van der Waals surface area contributed by atoms with Crippen molar-refractivity contribution in [3.63, 3.8) is 0 Å². The van der Waals surface area contributed by atoms with E-state index in [1.54, 1.807) is 33.8 Å². The van der Waals surface area contributed by atoms with Crippen LogP contribution in [0.1, 0.15) is 41.5 Å². The first kappa shape index (κ1) is 18.7. The SMILES string of the molecule is CCOC(=O)/C=C\[C@@H]1[C@H]2OC(C)(C)O[C@H]2CN1C(=O)OC(C)(C)C. The van der Waals surface area contributed by atoms with Crippen LogP contribution in [0.5, 0.6) is 0 Å². The molecule has 0 saturated carbocycles. The highest BCUT2D eigenvalue weighted by Gasteiger charge is 2.53. The predicted octanol–water partition coefficient (Wildman–Crippen LogP) is 2.25. The van der Waals surface area contributed by atoms with Crippen molar-refractivity contribution < 1.29 is 28.5 Å². The molecule has 2 rings (SSSR count). The molecule has 2 aliphatic heterocycles. The number of ether oxygens (including phenoxy) is 4. The molecule has 0 unspecified atom stereocenters. The van der Waals surface area contributed by atoms with Crippen LogP contribution in [0, 0.1) is 0 Å². The number of carbonyl (C=O) groups is 2. The van der Waals surface area contributed by atoms with E-state index in [2.05, 4.69) is 0 Å². The second-order valence-electron chi connectivity index (χ2n) is 7.37. The van der Waals surface area contributed by atoms with Crippen LogP contribution in [0.25, 0.3) is 0 Å². The summed E-state index contributed by atoms with van der Waals surface area (Å²) in [5.41, 5.74) is -0.606. The molecule has 2 fully saturated rings. The molecule has 7 nitrogen and oxygen atoms in total. The topological polar surface area (TPSA) is 74.3 Å². The summed E-state index contributed by atoms with van der Waals surface area (Å²) in [6.45, 7) is 11.5. The zero-order chi connectivity index (χ0) is 18.1. The highest BCUT2D eigenvalue weighted by molar-refractivity contribution is 5.82. The number of esters is 1. The summed E-state index contributed by atoms with van der Waals surface area (Å²) in [5, 5.41) is 0. The Morgan fingerprint density at radius 3 is 2.54 bits per heavy atom. The van der Waals surface area contributed by atoms with Crippen molar-refractivity contribution in [3.8, 4) is 0 Å². The minimum atomic E-state index is -0.717. The van der Waals surface area contributed by atoms with Gasteiger partial charge in [-0.3, -0.25) is 4.90 Å². The zero-order valence-electron chi connectivity index (χ0n) is 15.2. The third-order valence-electron chi connectivity index (χ3n) is 3.64. The highest BCUT2D eigenvalue weighted by atomic mass is 16.8. The minimum absolute atomic E-state index is 0.260. The summed E-state index contributed by atoms with van der Waals surface area (Å²) >= 11 is 0. The molecule has 3 atom stereocenters. The molecule has 2 saturated heterocycles. The summed E-state index contributed by atoms with van der Waals surface area (Å²) in [5.74, 6) is -1.17. The molecule has 0 N–H and O–H groups in total. The maximum absolute atomic E-state index is 12.5. The molecule has 2 heterocycles. The van der Waals surface area contributed by atoms with Crippen molar-refractivity contribution in [3.05, 3.63) is 12.2 Å². The van der Waals surface area contributed by atoms with Gasteiger partial charge >= 0.3 is 12.1 Å². The number of hydrogen-bond acceptors (Lipinski definition) is 6. The largest absolute Gasteiger partial charge is 0.463 e. The van der Waals surface area contributed by atoms with Crippen LogP contribution in [-0.4, -0.2) is 59.8 Å². The van der Waals surface area contributed by atoms with Gasteiger partial charge in [0.15, 0.2) is 5.79 Å². The standard InChI is InChI=1S/C17H27NO6/c1-7-21-13(19)9-8-11-14-12(22-17(5,6)23-14)10-18(11)15(20)24-16(2,3)4/h8-9,11-12,14H,7,10H2,1-6H3/b9-8-/t11-,12+,14-/m1/s1. The lowest BCUT2D eigenvalue weighted by atomic mass is 10.1. The van der Waals surface area contributed by atoms with Gasteiger partial charge in [0.25, 0.3) is 0 Å². The van der Waals surface area contributed by atoms with Crippen LogP contribution in [0.15, 0.2) is 12.2 Å². The summed E-state index contributed by atoms with van der Waals surface area (Å²) in [6, 6.07) is -0.448. The molecule has 136 valence electrons. The fourth-order valence-electron chi connectivity index (χ4n) is 2.88. The van der Waals surface area contributed by atoms with Gasteiger partial charge < -0.3 is 18.9 Å². The summed E-state index contributed by atoms with van der Waals surface area (Å²) in [6.07, 6.45) is 1.88. The first-order valence-electron chi connectivity index (χ1n) is 8.22. The fourth-order valence-corrected chi connectivity index (χ4v) is 2.88. The maximum Gasteiger partial charge on any atom is 0.410 e. The van der Waals surface area contributed by atoms with E-state index in [4.69, 9.17) is 18.9 Å². The monoisotopic (exact) mass is 341 g/mol. The maximum atomic E-state index is 12.5. The molecule has 0 aromatic carbocycles. The molecular weight excluding hydrogens is 314 g/mol. The number of fused-ring (bicyclic) bond motifs is 1. The van der Waals surface area contributed by atoms with Gasteiger partial charge in [-0.25, -0.2) is 9.59 Å². The van der Waals surface area contributed by atoms with Crippen molar-refractivity contribution in [2.24, 2.45) is 0 Å². The van der Waals surface area contributed by atoms with Crippen molar-refractivity contribution >= 4 is 12.1 Å². The van der Waals surface area contributed by atoms with Crippen LogP contribution < -0.4 is 0 Å². The lowest BCUT2D eigenvalue weighted by Crippen LogP contribution is -2.43. The van der Waals surface area contributed by atoms with E-state index in [1.165, 1.54) is 11.0 Å². The van der Waals surface area contributed by atoms with Gasteiger partial charge in [-0.1, -0.05) is 6.08 Å². The van der Waals surface area contributed by atoms with Gasteiger partial charge in [0, 0.05) is 6.08 Å². The Morgan fingerprint density at radius 2 is 1.96 bits per heavy atom. The van der Waals surface area contributed by atoms with E-state index in [1.807, 2.05) is 13.8 Å². The molecule has 0 aliphatic carbocycles. The molecule has 0 aromatic heterocycles. The van der Waals surface area contributed by atoms with Crippen molar-refractivity contribution in [2.75, 3.05) is 13.2 Å². The van der Waals surface area contributed by atoms with Gasteiger partial charge in [-0.2, -0.15) is 0 Å². The quantitative estimate of drug-likeness (QED) is 0.579. The Bertz CT molecular complexity index is 522. The molecule has 2 aliphatic rings. The third kappa shape index (κ3) is 4.48. The van der Waals surface area contributed by atoms with E-state index >= 15 is 0 Å². The molecule has 1 amide bonds. The average molecular weight is 341 g/mol.